The van der Waals surface area contributed by atoms with Gasteiger partial charge >= 0.3 is 0 Å². The van der Waals surface area contributed by atoms with Gasteiger partial charge in [-0.3, -0.25) is 0 Å². The minimum Gasteiger partial charge on any atom is -0.389 e. The molecule has 3 nitrogen and oxygen atoms in total. The Balaban J connectivity index is 1.84. The Morgan fingerprint density at radius 1 is 1.40 bits per heavy atom. The van der Waals surface area contributed by atoms with Crippen LogP contribution in [0, 0.1) is 12.8 Å². The fraction of sp³-hybridized carbons (Fsp3) is 0.562. The monoisotopic (exact) mass is 291 g/mol. The van der Waals surface area contributed by atoms with Crippen LogP contribution in [-0.2, 0) is 0 Å². The first-order valence-corrected chi connectivity index (χ1v) is 7.84. The molecule has 1 saturated heterocycles. The molecule has 1 aromatic carbocycles. The first-order valence-electron chi connectivity index (χ1n) is 7.43. The standard InChI is InChI=1S/C16H25N3S/c1-12(11-19-7-3-4-8-19)10-18-14-5-6-15(16(17)20)13(2)9-14/h5-6,9,12,18H,3-4,7-8,10-11H2,1-2H3,(H2,17,20). The van der Waals surface area contributed by atoms with Gasteiger partial charge in [-0.1, -0.05) is 19.1 Å². The number of hydrogen-bond acceptors (Lipinski definition) is 3. The average Bonchev–Trinajstić information content (AvgIpc) is 2.89. The van der Waals surface area contributed by atoms with Crippen LogP contribution >= 0.6 is 12.2 Å². The van der Waals surface area contributed by atoms with Crippen LogP contribution in [-0.4, -0.2) is 36.1 Å². The maximum atomic E-state index is 5.68. The zero-order chi connectivity index (χ0) is 14.5. The van der Waals surface area contributed by atoms with Crippen LogP contribution in [0.2, 0.25) is 0 Å². The van der Waals surface area contributed by atoms with Crippen molar-refractivity contribution in [2.75, 3.05) is 31.5 Å². The molecule has 110 valence electrons. The number of benzene rings is 1. The Kier molecular flexibility index (Phi) is 5.38. The van der Waals surface area contributed by atoms with Gasteiger partial charge in [0.05, 0.1) is 0 Å². The summed E-state index contributed by atoms with van der Waals surface area (Å²) in [7, 11) is 0. The summed E-state index contributed by atoms with van der Waals surface area (Å²) in [4.78, 5) is 3.03. The second-order valence-electron chi connectivity index (χ2n) is 5.89. The van der Waals surface area contributed by atoms with Gasteiger partial charge in [-0.2, -0.15) is 0 Å². The third-order valence-electron chi connectivity index (χ3n) is 3.92. The Labute approximate surface area is 127 Å². The number of aryl methyl sites for hydroxylation is 1. The van der Waals surface area contributed by atoms with Gasteiger partial charge in [0.25, 0.3) is 0 Å². The van der Waals surface area contributed by atoms with E-state index in [0.717, 1.165) is 23.4 Å². The molecule has 20 heavy (non-hydrogen) atoms. The summed E-state index contributed by atoms with van der Waals surface area (Å²) in [5.74, 6) is 0.656. The molecule has 0 bridgehead atoms. The third-order valence-corrected chi connectivity index (χ3v) is 4.13. The van der Waals surface area contributed by atoms with Crippen molar-refractivity contribution in [3.05, 3.63) is 29.3 Å². The number of rotatable bonds is 6. The maximum absolute atomic E-state index is 5.68. The van der Waals surface area contributed by atoms with E-state index in [1.165, 1.54) is 32.5 Å². The van der Waals surface area contributed by atoms with Crippen molar-refractivity contribution in [1.82, 2.24) is 4.90 Å². The molecular weight excluding hydrogens is 266 g/mol. The normalized spacial score (nSPS) is 17.1. The van der Waals surface area contributed by atoms with Crippen LogP contribution < -0.4 is 11.1 Å². The van der Waals surface area contributed by atoms with Gasteiger partial charge in [-0.15, -0.1) is 0 Å². The third kappa shape index (κ3) is 4.18. The Morgan fingerprint density at radius 2 is 2.10 bits per heavy atom. The van der Waals surface area contributed by atoms with Crippen molar-refractivity contribution in [3.8, 4) is 0 Å². The van der Waals surface area contributed by atoms with Gasteiger partial charge < -0.3 is 16.0 Å². The lowest BCUT2D eigenvalue weighted by molar-refractivity contribution is 0.294. The van der Waals surface area contributed by atoms with Crippen LogP contribution in [0.1, 0.15) is 30.9 Å². The first kappa shape index (κ1) is 15.3. The highest BCUT2D eigenvalue weighted by Crippen LogP contribution is 2.16. The lowest BCUT2D eigenvalue weighted by atomic mass is 10.1. The summed E-state index contributed by atoms with van der Waals surface area (Å²) in [6.45, 7) is 9.09. The zero-order valence-electron chi connectivity index (χ0n) is 12.5. The highest BCUT2D eigenvalue weighted by atomic mass is 32.1. The highest BCUT2D eigenvalue weighted by molar-refractivity contribution is 7.80. The van der Waals surface area contributed by atoms with Crippen molar-refractivity contribution in [2.24, 2.45) is 11.7 Å². The number of hydrogen-bond donors (Lipinski definition) is 2. The smallest absolute Gasteiger partial charge is 0.104 e. The molecule has 0 spiro atoms. The van der Waals surface area contributed by atoms with Crippen LogP contribution in [0.15, 0.2) is 18.2 Å². The van der Waals surface area contributed by atoms with E-state index in [2.05, 4.69) is 29.3 Å². The molecule has 0 aliphatic carbocycles. The number of nitrogens with one attached hydrogen (secondary N) is 1. The summed E-state index contributed by atoms with van der Waals surface area (Å²) in [6.07, 6.45) is 2.72. The molecule has 1 aromatic rings. The summed E-state index contributed by atoms with van der Waals surface area (Å²) in [5, 5.41) is 3.51. The predicted octanol–water partition coefficient (Wildman–Crippen LogP) is 2.77. The van der Waals surface area contributed by atoms with Gasteiger partial charge in [0.2, 0.25) is 0 Å². The van der Waals surface area contributed by atoms with Crippen LogP contribution in [0.3, 0.4) is 0 Å². The minimum atomic E-state index is 0.469. The molecule has 0 radical (unpaired) electrons. The van der Waals surface area contributed by atoms with Crippen LogP contribution in [0.5, 0.6) is 0 Å². The highest BCUT2D eigenvalue weighted by Gasteiger charge is 2.14. The van der Waals surface area contributed by atoms with Gasteiger partial charge in [-0.25, -0.2) is 0 Å². The van der Waals surface area contributed by atoms with Crippen molar-refractivity contribution in [2.45, 2.75) is 26.7 Å². The minimum absolute atomic E-state index is 0.469. The van der Waals surface area contributed by atoms with E-state index in [-0.39, 0.29) is 0 Å². The number of nitrogens with zero attached hydrogens (tertiary/aromatic N) is 1. The summed E-state index contributed by atoms with van der Waals surface area (Å²) >= 11 is 5.03. The van der Waals surface area contributed by atoms with E-state index < -0.39 is 0 Å². The van der Waals surface area contributed by atoms with E-state index in [4.69, 9.17) is 18.0 Å². The van der Waals surface area contributed by atoms with Crippen molar-refractivity contribution < 1.29 is 0 Å². The predicted molar refractivity (Wildman–Crippen MR) is 90.4 cm³/mol. The topological polar surface area (TPSA) is 41.3 Å². The average molecular weight is 291 g/mol. The van der Waals surface area contributed by atoms with Crippen molar-refractivity contribution in [1.29, 1.82) is 0 Å². The number of likely N-dealkylation sites (tertiary alicyclic amines) is 1. The molecule has 1 atom stereocenters. The summed E-state index contributed by atoms with van der Waals surface area (Å²) < 4.78 is 0. The van der Waals surface area contributed by atoms with E-state index in [9.17, 15) is 0 Å². The van der Waals surface area contributed by atoms with Gasteiger partial charge in [0.1, 0.15) is 4.99 Å². The van der Waals surface area contributed by atoms with Crippen molar-refractivity contribution >= 4 is 22.9 Å². The molecule has 1 heterocycles. The molecule has 2 rings (SSSR count). The Morgan fingerprint density at radius 3 is 2.70 bits per heavy atom. The van der Waals surface area contributed by atoms with Gasteiger partial charge in [-0.05, 0) is 62.5 Å². The van der Waals surface area contributed by atoms with Gasteiger partial charge in [0.15, 0.2) is 0 Å². The SMILES string of the molecule is Cc1cc(NCC(C)CN2CCCC2)ccc1C(N)=S. The van der Waals surface area contributed by atoms with Crippen molar-refractivity contribution in [3.63, 3.8) is 0 Å². The molecule has 4 heteroatoms. The number of anilines is 1. The molecule has 1 unspecified atom stereocenters. The molecule has 1 fully saturated rings. The molecule has 0 aromatic heterocycles. The van der Waals surface area contributed by atoms with E-state index >= 15 is 0 Å². The fourth-order valence-corrected chi connectivity index (χ4v) is 3.04. The fourth-order valence-electron chi connectivity index (χ4n) is 2.81. The second-order valence-corrected chi connectivity index (χ2v) is 6.33. The quantitative estimate of drug-likeness (QED) is 0.791. The Hall–Kier alpha value is -1.13. The summed E-state index contributed by atoms with van der Waals surface area (Å²) in [5.41, 5.74) is 8.93. The largest absolute Gasteiger partial charge is 0.389 e. The molecule has 3 N–H and O–H groups in total. The Bertz CT molecular complexity index is 467. The van der Waals surface area contributed by atoms with Crippen LogP contribution in [0.25, 0.3) is 0 Å². The number of thiocarbonyl (C=S) groups is 1. The zero-order valence-corrected chi connectivity index (χ0v) is 13.3. The number of nitrogens with two attached hydrogens (primary N) is 1. The molecular formula is C16H25N3S. The molecule has 0 saturated carbocycles. The second kappa shape index (κ2) is 7.04. The van der Waals surface area contributed by atoms with E-state index in [0.29, 0.717) is 10.9 Å². The first-order chi connectivity index (χ1) is 9.56. The summed E-state index contributed by atoms with van der Waals surface area (Å²) in [6, 6.07) is 6.19. The maximum Gasteiger partial charge on any atom is 0.104 e. The van der Waals surface area contributed by atoms with Crippen LogP contribution in [0.4, 0.5) is 5.69 Å². The molecule has 1 aliphatic rings. The van der Waals surface area contributed by atoms with E-state index in [1.54, 1.807) is 0 Å². The lowest BCUT2D eigenvalue weighted by Crippen LogP contribution is -2.28. The molecule has 1 aliphatic heterocycles. The molecule has 0 amide bonds. The lowest BCUT2D eigenvalue weighted by Gasteiger charge is -2.21. The van der Waals surface area contributed by atoms with E-state index in [1.807, 2.05) is 13.0 Å². The van der Waals surface area contributed by atoms with Gasteiger partial charge in [0, 0.05) is 24.3 Å².